The molecule has 1 aliphatic heterocycles. The summed E-state index contributed by atoms with van der Waals surface area (Å²) in [6.07, 6.45) is 0.0511. The predicted octanol–water partition coefficient (Wildman–Crippen LogP) is 3.32. The minimum Gasteiger partial charge on any atom is -0.314 e. The number of nitrogens with one attached hydrogen (secondary N) is 1. The molecule has 1 fully saturated rings. The van der Waals surface area contributed by atoms with E-state index in [0.717, 1.165) is 25.2 Å². The molecule has 0 radical (unpaired) electrons. The van der Waals surface area contributed by atoms with Crippen molar-refractivity contribution in [2.45, 2.75) is 12.5 Å². The van der Waals surface area contributed by atoms with E-state index in [1.165, 1.54) is 0 Å². The number of halogens is 5. The molecule has 8 heteroatoms. The molecule has 1 N–H and O–H groups in total. The molecule has 0 aliphatic carbocycles. The Kier molecular flexibility index (Phi) is 9.11. The van der Waals surface area contributed by atoms with Crippen molar-refractivity contribution in [1.82, 2.24) is 10.2 Å². The lowest BCUT2D eigenvalue weighted by molar-refractivity contribution is 0.169. The van der Waals surface area contributed by atoms with Gasteiger partial charge in [-0.2, -0.15) is 5.26 Å². The normalized spacial score (nSPS) is 16.3. The SMILES string of the molecule is Cl.Cl.N#CC[C@H](c1c(F)cc(Cl)cc1F)N1CCNCC1. The molecule has 1 aliphatic rings. The molecular weight excluding hydrogens is 343 g/mol. The number of rotatable bonds is 3. The molecule has 2 rings (SSSR count). The second-order valence-corrected chi connectivity index (χ2v) is 4.88. The summed E-state index contributed by atoms with van der Waals surface area (Å²) in [5.41, 5.74) is -0.0622. The average Bonchev–Trinajstić information content (AvgIpc) is 2.37. The lowest BCUT2D eigenvalue weighted by Crippen LogP contribution is -2.45. The van der Waals surface area contributed by atoms with Gasteiger partial charge in [0.25, 0.3) is 0 Å². The summed E-state index contributed by atoms with van der Waals surface area (Å²) in [5.74, 6) is -1.38. The molecule has 3 nitrogen and oxygen atoms in total. The number of nitriles is 1. The quantitative estimate of drug-likeness (QED) is 0.901. The van der Waals surface area contributed by atoms with Crippen LogP contribution in [0.15, 0.2) is 12.1 Å². The third-order valence-electron chi connectivity index (χ3n) is 3.25. The first kappa shape index (κ1) is 20.4. The Balaban J connectivity index is 0.00000200. The first-order valence-electron chi connectivity index (χ1n) is 6.09. The number of piperazine rings is 1. The molecule has 0 spiro atoms. The van der Waals surface area contributed by atoms with Gasteiger partial charge in [0.2, 0.25) is 0 Å². The van der Waals surface area contributed by atoms with Gasteiger partial charge < -0.3 is 5.32 Å². The van der Waals surface area contributed by atoms with Crippen molar-refractivity contribution in [3.63, 3.8) is 0 Å². The molecule has 0 saturated carbocycles. The highest BCUT2D eigenvalue weighted by Gasteiger charge is 2.27. The fourth-order valence-electron chi connectivity index (χ4n) is 2.37. The molecule has 0 unspecified atom stereocenters. The van der Waals surface area contributed by atoms with Crippen LogP contribution in [-0.2, 0) is 0 Å². The van der Waals surface area contributed by atoms with Crippen molar-refractivity contribution in [3.8, 4) is 6.07 Å². The van der Waals surface area contributed by atoms with Crippen molar-refractivity contribution in [2.24, 2.45) is 0 Å². The van der Waals surface area contributed by atoms with Crippen molar-refractivity contribution >= 4 is 36.4 Å². The Hall–Kier alpha value is -0.640. The summed E-state index contributed by atoms with van der Waals surface area (Å²) in [7, 11) is 0. The highest BCUT2D eigenvalue weighted by atomic mass is 35.5. The molecule has 0 amide bonds. The lowest BCUT2D eigenvalue weighted by atomic mass is 10.0. The van der Waals surface area contributed by atoms with Crippen LogP contribution >= 0.6 is 36.4 Å². The smallest absolute Gasteiger partial charge is 0.132 e. The zero-order chi connectivity index (χ0) is 13.8. The van der Waals surface area contributed by atoms with Crippen molar-refractivity contribution in [1.29, 1.82) is 5.26 Å². The van der Waals surface area contributed by atoms with E-state index in [-0.39, 0.29) is 41.8 Å². The number of nitrogens with zero attached hydrogens (tertiary/aromatic N) is 2. The van der Waals surface area contributed by atoms with E-state index in [0.29, 0.717) is 13.1 Å². The monoisotopic (exact) mass is 357 g/mol. The van der Waals surface area contributed by atoms with E-state index in [4.69, 9.17) is 16.9 Å². The first-order valence-corrected chi connectivity index (χ1v) is 6.47. The van der Waals surface area contributed by atoms with Gasteiger partial charge in [-0.3, -0.25) is 4.90 Å². The van der Waals surface area contributed by atoms with Gasteiger partial charge in [-0.1, -0.05) is 11.6 Å². The Morgan fingerprint density at radius 1 is 1.24 bits per heavy atom. The van der Waals surface area contributed by atoms with Crippen LogP contribution in [0.5, 0.6) is 0 Å². The maximum atomic E-state index is 14.0. The van der Waals surface area contributed by atoms with Crippen LogP contribution in [0, 0.1) is 23.0 Å². The van der Waals surface area contributed by atoms with Crippen molar-refractivity contribution < 1.29 is 8.78 Å². The van der Waals surface area contributed by atoms with Gasteiger partial charge in [0, 0.05) is 36.8 Å². The highest BCUT2D eigenvalue weighted by molar-refractivity contribution is 6.30. The maximum absolute atomic E-state index is 14.0. The van der Waals surface area contributed by atoms with Crippen LogP contribution in [0.3, 0.4) is 0 Å². The summed E-state index contributed by atoms with van der Waals surface area (Å²) in [5, 5.41) is 12.1. The number of benzene rings is 1. The summed E-state index contributed by atoms with van der Waals surface area (Å²) in [6, 6.07) is 3.62. The molecule has 1 atom stereocenters. The fraction of sp³-hybridized carbons (Fsp3) is 0.462. The van der Waals surface area contributed by atoms with Crippen LogP contribution < -0.4 is 5.32 Å². The largest absolute Gasteiger partial charge is 0.314 e. The van der Waals surface area contributed by atoms with Gasteiger partial charge in [0.1, 0.15) is 11.6 Å². The predicted molar refractivity (Wildman–Crippen MR) is 83.3 cm³/mol. The Bertz CT molecular complexity index is 479. The van der Waals surface area contributed by atoms with Gasteiger partial charge in [-0.15, -0.1) is 24.8 Å². The lowest BCUT2D eigenvalue weighted by Gasteiger charge is -2.34. The summed E-state index contributed by atoms with van der Waals surface area (Å²) < 4.78 is 27.9. The standard InChI is InChI=1S/C13H14ClF2N3.2ClH/c14-9-7-10(15)13(11(16)8-9)12(1-2-17)19-5-3-18-4-6-19;;/h7-8,12,18H,1,3-6H2;2*1H/t12-;;/m1../s1. The minimum atomic E-state index is -0.691. The molecule has 1 heterocycles. The Morgan fingerprint density at radius 2 is 1.76 bits per heavy atom. The van der Waals surface area contributed by atoms with E-state index >= 15 is 0 Å². The van der Waals surface area contributed by atoms with Crippen LogP contribution in [-0.4, -0.2) is 31.1 Å². The first-order chi connectivity index (χ1) is 9.13. The van der Waals surface area contributed by atoms with Gasteiger partial charge in [-0.25, -0.2) is 8.78 Å². The van der Waals surface area contributed by atoms with Gasteiger partial charge in [-0.05, 0) is 12.1 Å². The molecule has 1 aromatic rings. The fourth-order valence-corrected chi connectivity index (χ4v) is 2.56. The summed E-state index contributed by atoms with van der Waals surface area (Å²) >= 11 is 5.62. The summed E-state index contributed by atoms with van der Waals surface area (Å²) in [4.78, 5) is 1.93. The van der Waals surface area contributed by atoms with E-state index < -0.39 is 17.7 Å². The summed E-state index contributed by atoms with van der Waals surface area (Å²) in [6.45, 7) is 2.82. The number of hydrogen-bond donors (Lipinski definition) is 1. The Morgan fingerprint density at radius 3 is 2.24 bits per heavy atom. The minimum absolute atomic E-state index is 0. The van der Waals surface area contributed by atoms with E-state index in [2.05, 4.69) is 5.32 Å². The Labute approximate surface area is 140 Å². The molecule has 118 valence electrons. The van der Waals surface area contributed by atoms with Crippen LogP contribution in [0.2, 0.25) is 5.02 Å². The topological polar surface area (TPSA) is 39.1 Å². The van der Waals surface area contributed by atoms with Gasteiger partial charge in [0.15, 0.2) is 0 Å². The van der Waals surface area contributed by atoms with Crippen LogP contribution in [0.1, 0.15) is 18.0 Å². The maximum Gasteiger partial charge on any atom is 0.132 e. The van der Waals surface area contributed by atoms with Gasteiger partial charge in [0.05, 0.1) is 18.5 Å². The average molecular weight is 359 g/mol. The van der Waals surface area contributed by atoms with E-state index in [1.807, 2.05) is 11.0 Å². The molecule has 1 saturated heterocycles. The van der Waals surface area contributed by atoms with Gasteiger partial charge >= 0.3 is 0 Å². The molecule has 1 aromatic carbocycles. The van der Waals surface area contributed by atoms with Crippen LogP contribution in [0.4, 0.5) is 8.78 Å². The molecule has 0 bridgehead atoms. The zero-order valence-corrected chi connectivity index (χ0v) is 13.5. The highest BCUT2D eigenvalue weighted by Crippen LogP contribution is 2.30. The van der Waals surface area contributed by atoms with Crippen molar-refractivity contribution in [3.05, 3.63) is 34.4 Å². The molecule has 0 aromatic heterocycles. The number of hydrogen-bond acceptors (Lipinski definition) is 3. The zero-order valence-electron chi connectivity index (χ0n) is 11.1. The second kappa shape index (κ2) is 9.39. The third kappa shape index (κ3) is 4.94. The molecular formula is C13H16Cl3F2N3. The molecule has 21 heavy (non-hydrogen) atoms. The second-order valence-electron chi connectivity index (χ2n) is 4.45. The van der Waals surface area contributed by atoms with Crippen molar-refractivity contribution in [2.75, 3.05) is 26.2 Å². The van der Waals surface area contributed by atoms with E-state index in [1.54, 1.807) is 0 Å². The van der Waals surface area contributed by atoms with Crippen LogP contribution in [0.25, 0.3) is 0 Å². The third-order valence-corrected chi connectivity index (χ3v) is 3.47. The van der Waals surface area contributed by atoms with E-state index in [9.17, 15) is 8.78 Å².